The van der Waals surface area contributed by atoms with Crippen molar-refractivity contribution in [2.45, 2.75) is 44.5 Å². The molecule has 0 aliphatic carbocycles. The third kappa shape index (κ3) is 9.57. The Morgan fingerprint density at radius 2 is 1.65 bits per heavy atom. The van der Waals surface area contributed by atoms with Crippen LogP contribution in [0.4, 0.5) is 0 Å². The van der Waals surface area contributed by atoms with Crippen LogP contribution in [0.1, 0.15) is 36.5 Å². The predicted octanol–water partition coefficient (Wildman–Crippen LogP) is 7.44. The van der Waals surface area contributed by atoms with Crippen LogP contribution in [0.15, 0.2) is 72.8 Å². The van der Waals surface area contributed by atoms with Crippen molar-refractivity contribution in [1.82, 2.24) is 10.2 Å². The summed E-state index contributed by atoms with van der Waals surface area (Å²) in [6.07, 6.45) is 2.27. The van der Waals surface area contributed by atoms with E-state index in [-0.39, 0.29) is 24.1 Å². The van der Waals surface area contributed by atoms with Gasteiger partial charge in [-0.3, -0.25) is 9.59 Å². The van der Waals surface area contributed by atoms with E-state index >= 15 is 0 Å². The van der Waals surface area contributed by atoms with Crippen molar-refractivity contribution in [2.75, 3.05) is 12.3 Å². The molecule has 196 valence electrons. The van der Waals surface area contributed by atoms with Crippen LogP contribution in [0, 0.1) is 0 Å². The summed E-state index contributed by atoms with van der Waals surface area (Å²) in [5.41, 5.74) is 2.84. The lowest BCUT2D eigenvalue weighted by molar-refractivity contribution is -0.139. The number of benzene rings is 3. The van der Waals surface area contributed by atoms with Gasteiger partial charge in [0.2, 0.25) is 11.8 Å². The lowest BCUT2D eigenvalue weighted by Gasteiger charge is -2.31. The van der Waals surface area contributed by atoms with Gasteiger partial charge in [-0.25, -0.2) is 0 Å². The van der Waals surface area contributed by atoms with Crippen LogP contribution >= 0.6 is 46.6 Å². The molecule has 3 aromatic rings. The molecule has 0 bridgehead atoms. The van der Waals surface area contributed by atoms with Gasteiger partial charge >= 0.3 is 0 Å². The molecule has 4 nitrogen and oxygen atoms in total. The summed E-state index contributed by atoms with van der Waals surface area (Å²) < 4.78 is 0. The standard InChI is InChI=1S/C29H31Cl3N2O2S/c1-2-3-14-33-29(36)27(17-21-8-5-4-6-9-21)34(18-22-10-7-11-24(30)15-22)28(35)20-37-19-23-12-13-25(31)26(32)16-23/h4-13,15-16,27H,2-3,14,17-20H2,1H3,(H,33,36)/t27-/m0/s1. The van der Waals surface area contributed by atoms with E-state index in [9.17, 15) is 9.59 Å². The number of unbranched alkanes of at least 4 members (excludes halogenated alkanes) is 1. The zero-order chi connectivity index (χ0) is 26.6. The highest BCUT2D eigenvalue weighted by Crippen LogP contribution is 2.25. The fourth-order valence-electron chi connectivity index (χ4n) is 3.86. The number of nitrogens with one attached hydrogen (secondary N) is 1. The Bertz CT molecular complexity index is 1180. The number of hydrogen-bond donors (Lipinski definition) is 1. The van der Waals surface area contributed by atoms with Gasteiger partial charge in [-0.05, 0) is 47.4 Å². The maximum Gasteiger partial charge on any atom is 0.243 e. The first-order chi connectivity index (χ1) is 17.9. The van der Waals surface area contributed by atoms with Crippen LogP contribution < -0.4 is 5.32 Å². The molecule has 0 saturated heterocycles. The number of carbonyl (C=O) groups excluding carboxylic acids is 2. The van der Waals surface area contributed by atoms with Crippen LogP contribution in [0.2, 0.25) is 15.1 Å². The van der Waals surface area contributed by atoms with Gasteiger partial charge in [-0.1, -0.05) is 96.7 Å². The van der Waals surface area contributed by atoms with Gasteiger partial charge in [-0.15, -0.1) is 11.8 Å². The summed E-state index contributed by atoms with van der Waals surface area (Å²) in [5.74, 6) is 0.548. The van der Waals surface area contributed by atoms with Crippen LogP contribution in [0.5, 0.6) is 0 Å². The normalized spacial score (nSPS) is 11.7. The van der Waals surface area contributed by atoms with E-state index < -0.39 is 6.04 Å². The lowest BCUT2D eigenvalue weighted by atomic mass is 10.0. The van der Waals surface area contributed by atoms with E-state index in [4.69, 9.17) is 34.8 Å². The number of hydrogen-bond acceptors (Lipinski definition) is 3. The molecule has 0 radical (unpaired) electrons. The number of nitrogens with zero attached hydrogens (tertiary/aromatic N) is 1. The molecule has 0 aliphatic rings. The molecule has 0 spiro atoms. The van der Waals surface area contributed by atoms with Gasteiger partial charge in [0, 0.05) is 30.3 Å². The molecular formula is C29H31Cl3N2O2S. The number of rotatable bonds is 13. The van der Waals surface area contributed by atoms with Crippen molar-refractivity contribution < 1.29 is 9.59 Å². The second kappa shape index (κ2) is 15.3. The smallest absolute Gasteiger partial charge is 0.243 e. The molecule has 0 aliphatic heterocycles. The highest BCUT2D eigenvalue weighted by molar-refractivity contribution is 7.99. The molecule has 0 heterocycles. The van der Waals surface area contributed by atoms with Gasteiger partial charge in [0.25, 0.3) is 0 Å². The van der Waals surface area contributed by atoms with Gasteiger partial charge in [0.1, 0.15) is 6.04 Å². The second-order valence-corrected chi connectivity index (χ2v) is 11.0. The first-order valence-corrected chi connectivity index (χ1v) is 14.5. The minimum absolute atomic E-state index is 0.114. The first kappa shape index (κ1) is 29.4. The highest BCUT2D eigenvalue weighted by atomic mass is 35.5. The Hall–Kier alpha value is -2.18. The monoisotopic (exact) mass is 576 g/mol. The number of halogens is 3. The van der Waals surface area contributed by atoms with Gasteiger partial charge < -0.3 is 10.2 Å². The van der Waals surface area contributed by atoms with Crippen LogP contribution in [-0.2, 0) is 28.3 Å². The third-order valence-electron chi connectivity index (χ3n) is 5.82. The van der Waals surface area contributed by atoms with E-state index in [2.05, 4.69) is 12.2 Å². The fourth-order valence-corrected chi connectivity index (χ4v) is 5.25. The largest absolute Gasteiger partial charge is 0.354 e. The average molecular weight is 578 g/mol. The van der Waals surface area contributed by atoms with Crippen molar-refractivity contribution in [3.05, 3.63) is 105 Å². The fraction of sp³-hybridized carbons (Fsp3) is 0.310. The zero-order valence-electron chi connectivity index (χ0n) is 20.8. The van der Waals surface area contributed by atoms with Gasteiger partial charge in [0.05, 0.1) is 15.8 Å². The first-order valence-electron chi connectivity index (χ1n) is 12.2. The maximum absolute atomic E-state index is 13.7. The van der Waals surface area contributed by atoms with Crippen LogP contribution in [0.3, 0.4) is 0 Å². The van der Waals surface area contributed by atoms with Crippen molar-refractivity contribution in [3.63, 3.8) is 0 Å². The minimum atomic E-state index is -0.656. The summed E-state index contributed by atoms with van der Waals surface area (Å²) in [6.45, 7) is 2.94. The highest BCUT2D eigenvalue weighted by Gasteiger charge is 2.30. The van der Waals surface area contributed by atoms with E-state index in [0.717, 1.165) is 29.5 Å². The molecule has 3 aromatic carbocycles. The van der Waals surface area contributed by atoms with Crippen molar-refractivity contribution in [3.8, 4) is 0 Å². The van der Waals surface area contributed by atoms with Gasteiger partial charge in [-0.2, -0.15) is 0 Å². The molecule has 0 unspecified atom stereocenters. The Morgan fingerprint density at radius 3 is 2.35 bits per heavy atom. The maximum atomic E-state index is 13.7. The van der Waals surface area contributed by atoms with E-state index in [1.165, 1.54) is 11.8 Å². The Balaban J connectivity index is 1.83. The Morgan fingerprint density at radius 1 is 0.892 bits per heavy atom. The van der Waals surface area contributed by atoms with Crippen LogP contribution in [0.25, 0.3) is 0 Å². The van der Waals surface area contributed by atoms with Crippen molar-refractivity contribution >= 4 is 58.4 Å². The average Bonchev–Trinajstić information content (AvgIpc) is 2.89. The molecule has 3 rings (SSSR count). The van der Waals surface area contributed by atoms with Gasteiger partial charge in [0.15, 0.2) is 0 Å². The molecule has 0 saturated carbocycles. The molecule has 0 fully saturated rings. The molecule has 1 atom stereocenters. The SMILES string of the molecule is CCCCNC(=O)[C@H](Cc1ccccc1)N(Cc1cccc(Cl)c1)C(=O)CSCc1ccc(Cl)c(Cl)c1. The van der Waals surface area contributed by atoms with E-state index in [1.54, 1.807) is 17.0 Å². The molecular weight excluding hydrogens is 547 g/mol. The predicted molar refractivity (Wildman–Crippen MR) is 156 cm³/mol. The summed E-state index contributed by atoms with van der Waals surface area (Å²) in [4.78, 5) is 28.8. The summed E-state index contributed by atoms with van der Waals surface area (Å²) in [7, 11) is 0. The number of carbonyl (C=O) groups is 2. The summed E-state index contributed by atoms with van der Waals surface area (Å²) in [6, 6.07) is 22.0. The Labute approximate surface area is 238 Å². The topological polar surface area (TPSA) is 49.4 Å². The van der Waals surface area contributed by atoms with E-state index in [1.807, 2.05) is 60.7 Å². The molecule has 2 amide bonds. The lowest BCUT2D eigenvalue weighted by Crippen LogP contribution is -2.51. The molecule has 37 heavy (non-hydrogen) atoms. The molecule has 0 aromatic heterocycles. The van der Waals surface area contributed by atoms with Crippen molar-refractivity contribution in [2.24, 2.45) is 0 Å². The van der Waals surface area contributed by atoms with Crippen LogP contribution in [-0.4, -0.2) is 35.1 Å². The molecule has 8 heteroatoms. The van der Waals surface area contributed by atoms with E-state index in [0.29, 0.717) is 33.8 Å². The van der Waals surface area contributed by atoms with Crippen molar-refractivity contribution in [1.29, 1.82) is 0 Å². The summed E-state index contributed by atoms with van der Waals surface area (Å²) in [5, 5.41) is 4.61. The second-order valence-electron chi connectivity index (χ2n) is 8.74. The zero-order valence-corrected chi connectivity index (χ0v) is 23.8. The Kier molecular flexibility index (Phi) is 12.1. The molecule has 1 N–H and O–H groups in total. The number of amides is 2. The number of thioether (sulfide) groups is 1. The summed E-state index contributed by atoms with van der Waals surface area (Å²) >= 11 is 19.9. The third-order valence-corrected chi connectivity index (χ3v) is 7.78. The minimum Gasteiger partial charge on any atom is -0.354 e. The quantitative estimate of drug-likeness (QED) is 0.215.